The van der Waals surface area contributed by atoms with E-state index in [2.05, 4.69) is 55.8 Å². The molecule has 1 aromatic heterocycles. The number of aromatic nitrogens is 2. The zero-order valence-corrected chi connectivity index (χ0v) is 24.4. The molecule has 0 amide bonds. The fourth-order valence-corrected chi connectivity index (χ4v) is 7.94. The first-order valence-electron chi connectivity index (χ1n) is 13.8. The van der Waals surface area contributed by atoms with Crippen molar-refractivity contribution in [3.63, 3.8) is 0 Å². The van der Waals surface area contributed by atoms with Crippen LogP contribution in [-0.4, -0.2) is 54.0 Å². The molecule has 0 saturated carbocycles. The quantitative estimate of drug-likeness (QED) is 0.395. The van der Waals surface area contributed by atoms with Gasteiger partial charge in [-0.15, -0.1) is 0 Å². The van der Waals surface area contributed by atoms with Crippen molar-refractivity contribution in [3.8, 4) is 0 Å². The summed E-state index contributed by atoms with van der Waals surface area (Å²) in [5.41, 5.74) is 4.78. The number of aromatic amines is 1. The average Bonchev–Trinajstić information content (AvgIpc) is 3.37. The van der Waals surface area contributed by atoms with E-state index in [4.69, 9.17) is 0 Å². The Morgan fingerprint density at radius 2 is 1.74 bits per heavy atom. The van der Waals surface area contributed by atoms with Crippen LogP contribution < -0.4 is 0 Å². The second kappa shape index (κ2) is 10.3. The minimum Gasteiger partial charge on any atom is -0.296 e. The van der Waals surface area contributed by atoms with Gasteiger partial charge >= 0.3 is 0 Å². The molecule has 2 aliphatic rings. The summed E-state index contributed by atoms with van der Waals surface area (Å²) < 4.78 is 43.9. The second-order valence-corrected chi connectivity index (χ2v) is 13.8. The molecule has 6 nitrogen and oxygen atoms in total. The first-order chi connectivity index (χ1) is 18.5. The number of benzene rings is 2. The van der Waals surface area contributed by atoms with Crippen LogP contribution in [0.1, 0.15) is 69.5 Å². The van der Waals surface area contributed by atoms with Gasteiger partial charge in [0.25, 0.3) is 0 Å². The van der Waals surface area contributed by atoms with Crippen LogP contribution in [0, 0.1) is 11.2 Å². The van der Waals surface area contributed by atoms with Crippen LogP contribution in [0.2, 0.25) is 0 Å². The third kappa shape index (κ3) is 4.98. The first-order valence-corrected chi connectivity index (χ1v) is 15.3. The summed E-state index contributed by atoms with van der Waals surface area (Å²) in [5, 5.41) is 7.41. The lowest BCUT2D eigenvalue weighted by Crippen LogP contribution is -2.55. The fraction of sp³-hybridized carbons (Fsp3) is 0.452. The zero-order valence-electron chi connectivity index (χ0n) is 23.5. The van der Waals surface area contributed by atoms with Crippen molar-refractivity contribution in [2.75, 3.05) is 26.2 Å². The highest BCUT2D eigenvalue weighted by Gasteiger charge is 2.52. The van der Waals surface area contributed by atoms with E-state index >= 15 is 0 Å². The standard InChI is InChI=1S/C31H39FN4O2S/c1-6-35(7-2)29(22-8-12-26(32)13-9-22)31-19-23-20-33-34-28(23)18-25(31)16-17-36(21-31)39(37,38)27-14-10-24(11-15-27)30(3,4)5/h8-15,18,20,29H,6-7,16-17,19,21H2,1-5H3,(H,33,34)/t29-,31?/m0/s1. The molecule has 2 atom stereocenters. The minimum atomic E-state index is -3.73. The lowest BCUT2D eigenvalue weighted by atomic mass is 9.62. The van der Waals surface area contributed by atoms with Crippen LogP contribution >= 0.6 is 0 Å². The second-order valence-electron chi connectivity index (χ2n) is 11.8. The van der Waals surface area contributed by atoms with Gasteiger partial charge in [0.15, 0.2) is 0 Å². The molecule has 8 heteroatoms. The topological polar surface area (TPSA) is 69.3 Å². The lowest BCUT2D eigenvalue weighted by Gasteiger charge is -2.53. The molecule has 0 bridgehead atoms. The zero-order chi connectivity index (χ0) is 28.0. The Morgan fingerprint density at radius 3 is 2.36 bits per heavy atom. The van der Waals surface area contributed by atoms with E-state index in [0.29, 0.717) is 30.8 Å². The number of H-pyrrole nitrogens is 1. The van der Waals surface area contributed by atoms with Gasteiger partial charge in [-0.2, -0.15) is 9.40 Å². The Morgan fingerprint density at radius 1 is 1.08 bits per heavy atom. The van der Waals surface area contributed by atoms with Gasteiger partial charge in [0.05, 0.1) is 16.8 Å². The summed E-state index contributed by atoms with van der Waals surface area (Å²) in [7, 11) is -3.73. The summed E-state index contributed by atoms with van der Waals surface area (Å²) in [6.07, 6.45) is 5.30. The van der Waals surface area contributed by atoms with E-state index < -0.39 is 15.4 Å². The summed E-state index contributed by atoms with van der Waals surface area (Å²) in [6.45, 7) is 12.9. The van der Waals surface area contributed by atoms with Crippen molar-refractivity contribution in [3.05, 3.63) is 88.5 Å². The van der Waals surface area contributed by atoms with E-state index in [0.717, 1.165) is 35.5 Å². The van der Waals surface area contributed by atoms with Crippen LogP contribution in [0.3, 0.4) is 0 Å². The number of rotatable bonds is 7. The first kappa shape index (κ1) is 27.7. The van der Waals surface area contributed by atoms with Gasteiger partial charge < -0.3 is 0 Å². The maximum atomic E-state index is 14.1. The molecular formula is C31H39FN4O2S. The SMILES string of the molecule is CCN(CC)[C@@H](c1ccc(F)cc1)C12Cc3cn[nH]c3C=C1CCN(S(=O)(=O)c1ccc(C(C)(C)C)cc1)C2. The highest BCUT2D eigenvalue weighted by atomic mass is 32.2. The minimum absolute atomic E-state index is 0.0618. The van der Waals surface area contributed by atoms with Crippen LogP contribution in [0.25, 0.3) is 6.08 Å². The number of nitrogens with zero attached hydrogens (tertiary/aromatic N) is 3. The van der Waals surface area contributed by atoms with Crippen molar-refractivity contribution >= 4 is 16.1 Å². The number of halogens is 1. The van der Waals surface area contributed by atoms with Crippen molar-refractivity contribution in [1.29, 1.82) is 0 Å². The van der Waals surface area contributed by atoms with Gasteiger partial charge in [-0.1, -0.05) is 64.5 Å². The molecule has 1 aliphatic carbocycles. The molecule has 39 heavy (non-hydrogen) atoms. The summed E-state index contributed by atoms with van der Waals surface area (Å²) in [5.74, 6) is -0.280. The largest absolute Gasteiger partial charge is 0.296 e. The molecule has 5 rings (SSSR count). The third-order valence-corrected chi connectivity index (χ3v) is 10.4. The molecule has 1 aliphatic heterocycles. The maximum Gasteiger partial charge on any atom is 0.243 e. The Kier molecular flexibility index (Phi) is 7.33. The molecule has 2 aromatic carbocycles. The Bertz CT molecular complexity index is 1450. The smallest absolute Gasteiger partial charge is 0.243 e. The van der Waals surface area contributed by atoms with E-state index in [-0.39, 0.29) is 17.3 Å². The number of hydrogen-bond acceptors (Lipinski definition) is 4. The highest BCUT2D eigenvalue weighted by Crippen LogP contribution is 2.54. The molecular weight excluding hydrogens is 511 g/mol. The van der Waals surface area contributed by atoms with E-state index in [1.807, 2.05) is 30.5 Å². The van der Waals surface area contributed by atoms with Crippen molar-refractivity contribution in [2.24, 2.45) is 5.41 Å². The van der Waals surface area contributed by atoms with Crippen molar-refractivity contribution < 1.29 is 12.8 Å². The molecule has 1 saturated heterocycles. The lowest BCUT2D eigenvalue weighted by molar-refractivity contribution is 0.0614. The number of piperidine rings is 1. The summed E-state index contributed by atoms with van der Waals surface area (Å²) >= 11 is 0. The number of hydrogen-bond donors (Lipinski definition) is 1. The van der Waals surface area contributed by atoms with Crippen LogP contribution in [-0.2, 0) is 21.9 Å². The Hall–Kier alpha value is -2.81. The van der Waals surface area contributed by atoms with Gasteiger partial charge in [-0.05, 0) is 78.4 Å². The molecule has 1 fully saturated rings. The van der Waals surface area contributed by atoms with E-state index in [1.54, 1.807) is 16.4 Å². The van der Waals surface area contributed by atoms with Gasteiger partial charge in [0.2, 0.25) is 10.0 Å². The number of sulfonamides is 1. The van der Waals surface area contributed by atoms with Crippen molar-refractivity contribution in [1.82, 2.24) is 19.4 Å². The van der Waals surface area contributed by atoms with Crippen molar-refractivity contribution in [2.45, 2.75) is 63.8 Å². The predicted octanol–water partition coefficient (Wildman–Crippen LogP) is 5.95. The molecule has 3 aromatic rings. The van der Waals surface area contributed by atoms with E-state index in [1.165, 1.54) is 17.7 Å². The van der Waals surface area contributed by atoms with Gasteiger partial charge in [0.1, 0.15) is 5.82 Å². The Balaban J connectivity index is 1.62. The molecule has 208 valence electrons. The molecule has 0 spiro atoms. The van der Waals surface area contributed by atoms with Crippen LogP contribution in [0.5, 0.6) is 0 Å². The number of fused-ring (bicyclic) bond motifs is 2. The highest BCUT2D eigenvalue weighted by molar-refractivity contribution is 7.89. The number of nitrogens with one attached hydrogen (secondary N) is 1. The van der Waals surface area contributed by atoms with Gasteiger partial charge in [-0.25, -0.2) is 12.8 Å². The molecule has 1 N–H and O–H groups in total. The average molecular weight is 551 g/mol. The van der Waals surface area contributed by atoms with Gasteiger partial charge in [-0.3, -0.25) is 10.00 Å². The normalized spacial score (nSPS) is 20.8. The summed E-state index contributed by atoms with van der Waals surface area (Å²) in [4.78, 5) is 2.69. The molecule has 2 heterocycles. The molecule has 0 radical (unpaired) electrons. The van der Waals surface area contributed by atoms with Crippen LogP contribution in [0.15, 0.2) is 65.2 Å². The predicted molar refractivity (Wildman–Crippen MR) is 153 cm³/mol. The van der Waals surface area contributed by atoms with Gasteiger partial charge in [0, 0.05) is 24.5 Å². The molecule has 1 unspecified atom stereocenters. The third-order valence-electron chi connectivity index (χ3n) is 8.55. The Labute approximate surface area is 232 Å². The summed E-state index contributed by atoms with van der Waals surface area (Å²) in [6, 6.07) is 13.9. The van der Waals surface area contributed by atoms with Crippen LogP contribution in [0.4, 0.5) is 4.39 Å². The fourth-order valence-electron chi connectivity index (χ4n) is 6.43. The maximum absolute atomic E-state index is 14.1. The monoisotopic (exact) mass is 550 g/mol. The van der Waals surface area contributed by atoms with E-state index in [9.17, 15) is 12.8 Å².